The first-order chi connectivity index (χ1) is 11.8. The minimum Gasteiger partial charge on any atom is -0.323 e. The van der Waals surface area contributed by atoms with E-state index in [2.05, 4.69) is 17.6 Å². The lowest BCUT2D eigenvalue weighted by atomic mass is 9.77. The summed E-state index contributed by atoms with van der Waals surface area (Å²) in [7, 11) is 0. The van der Waals surface area contributed by atoms with E-state index >= 15 is 0 Å². The molecule has 0 aromatic heterocycles. The second-order valence-corrected chi connectivity index (χ2v) is 7.47. The number of hydrogen-bond acceptors (Lipinski definition) is 3. The van der Waals surface area contributed by atoms with Gasteiger partial charge in [-0.05, 0) is 50.2 Å². The maximum Gasteiger partial charge on any atom is 0.325 e. The van der Waals surface area contributed by atoms with Crippen molar-refractivity contribution in [3.05, 3.63) is 28.8 Å². The highest BCUT2D eigenvalue weighted by Crippen LogP contribution is 2.36. The lowest BCUT2D eigenvalue weighted by Gasteiger charge is -2.33. The molecule has 3 rings (SSSR count). The summed E-state index contributed by atoms with van der Waals surface area (Å²) in [5.74, 6) is -0.188. The topological polar surface area (TPSA) is 78.5 Å². The second-order valence-electron chi connectivity index (χ2n) is 7.07. The van der Waals surface area contributed by atoms with Crippen molar-refractivity contribution in [3.63, 3.8) is 0 Å². The van der Waals surface area contributed by atoms with Crippen LogP contribution in [0.4, 0.5) is 10.5 Å². The molecule has 1 aliphatic carbocycles. The molecule has 0 atom stereocenters. The molecule has 0 radical (unpaired) electrons. The molecule has 0 bridgehead atoms. The van der Waals surface area contributed by atoms with Crippen LogP contribution in [0.3, 0.4) is 0 Å². The van der Waals surface area contributed by atoms with Crippen LogP contribution in [0.5, 0.6) is 0 Å². The van der Waals surface area contributed by atoms with E-state index in [4.69, 9.17) is 11.6 Å². The fraction of sp³-hybridized carbons (Fsp3) is 0.500. The fourth-order valence-corrected chi connectivity index (χ4v) is 3.80. The Morgan fingerprint density at radius 3 is 2.68 bits per heavy atom. The fourth-order valence-electron chi connectivity index (χ4n) is 3.53. The van der Waals surface area contributed by atoms with Gasteiger partial charge in [-0.15, -0.1) is 0 Å². The summed E-state index contributed by atoms with van der Waals surface area (Å²) in [5, 5.41) is 5.93. The van der Waals surface area contributed by atoms with Gasteiger partial charge in [0.15, 0.2) is 0 Å². The number of carbonyl (C=O) groups is 3. The molecule has 6 nitrogen and oxygen atoms in total. The summed E-state index contributed by atoms with van der Waals surface area (Å²) in [5.41, 5.74) is 0.489. The van der Waals surface area contributed by atoms with Gasteiger partial charge in [-0.1, -0.05) is 30.7 Å². The van der Waals surface area contributed by atoms with E-state index in [0.717, 1.165) is 23.3 Å². The number of carbonyl (C=O) groups excluding carboxylic acids is 3. The molecule has 134 valence electrons. The van der Waals surface area contributed by atoms with Gasteiger partial charge in [0.05, 0.1) is 10.7 Å². The van der Waals surface area contributed by atoms with Crippen molar-refractivity contribution in [1.29, 1.82) is 0 Å². The summed E-state index contributed by atoms with van der Waals surface area (Å²) in [6, 6.07) is 4.80. The molecular weight excluding hydrogens is 342 g/mol. The number of para-hydroxylation sites is 1. The van der Waals surface area contributed by atoms with E-state index in [1.807, 2.05) is 13.0 Å². The Balaban J connectivity index is 1.69. The van der Waals surface area contributed by atoms with Gasteiger partial charge in [0, 0.05) is 0 Å². The highest BCUT2D eigenvalue weighted by atomic mass is 35.5. The summed E-state index contributed by atoms with van der Waals surface area (Å²) in [6.45, 7) is 3.66. The maximum absolute atomic E-state index is 12.8. The van der Waals surface area contributed by atoms with Crippen LogP contribution < -0.4 is 10.6 Å². The van der Waals surface area contributed by atoms with Crippen molar-refractivity contribution in [2.24, 2.45) is 5.92 Å². The van der Waals surface area contributed by atoms with Crippen LogP contribution in [-0.4, -0.2) is 34.8 Å². The standard InChI is InChI=1S/C18H22ClN3O3/c1-11-6-8-18(9-7-11)16(24)22(17(25)21-18)10-14(23)20-15-12(2)4-3-5-13(15)19/h3-5,11H,6-10H2,1-2H3,(H,20,23)(H,21,25). The van der Waals surface area contributed by atoms with Gasteiger partial charge in [-0.25, -0.2) is 4.79 Å². The predicted molar refractivity (Wildman–Crippen MR) is 95.4 cm³/mol. The third-order valence-corrected chi connectivity index (χ3v) is 5.48. The lowest BCUT2D eigenvalue weighted by molar-refractivity contribution is -0.135. The number of anilines is 1. The smallest absolute Gasteiger partial charge is 0.323 e. The molecule has 25 heavy (non-hydrogen) atoms. The van der Waals surface area contributed by atoms with Crippen molar-refractivity contribution >= 4 is 35.1 Å². The summed E-state index contributed by atoms with van der Waals surface area (Å²) < 4.78 is 0. The number of nitrogens with zero attached hydrogens (tertiary/aromatic N) is 1. The molecule has 1 saturated carbocycles. The molecule has 7 heteroatoms. The number of urea groups is 1. The van der Waals surface area contributed by atoms with Crippen LogP contribution in [0, 0.1) is 12.8 Å². The average molecular weight is 364 g/mol. The molecule has 2 aliphatic rings. The Labute approximate surface area is 151 Å². The Bertz CT molecular complexity index is 706. The van der Waals surface area contributed by atoms with Crippen molar-refractivity contribution in [3.8, 4) is 0 Å². The summed E-state index contributed by atoms with van der Waals surface area (Å²) in [4.78, 5) is 38.4. The Kier molecular flexibility index (Phi) is 4.73. The van der Waals surface area contributed by atoms with E-state index in [0.29, 0.717) is 29.5 Å². The molecule has 0 unspecified atom stereocenters. The van der Waals surface area contributed by atoms with Crippen LogP contribution in [0.1, 0.15) is 38.2 Å². The van der Waals surface area contributed by atoms with Gasteiger partial charge < -0.3 is 10.6 Å². The lowest BCUT2D eigenvalue weighted by Crippen LogP contribution is -2.49. The highest BCUT2D eigenvalue weighted by Gasteiger charge is 2.52. The zero-order valence-corrected chi connectivity index (χ0v) is 15.2. The molecule has 1 spiro atoms. The summed E-state index contributed by atoms with van der Waals surface area (Å²) >= 11 is 6.10. The van der Waals surface area contributed by atoms with Gasteiger partial charge in [-0.3, -0.25) is 14.5 Å². The summed E-state index contributed by atoms with van der Waals surface area (Å²) in [6.07, 6.45) is 3.04. The number of nitrogens with one attached hydrogen (secondary N) is 2. The van der Waals surface area contributed by atoms with Gasteiger partial charge in [-0.2, -0.15) is 0 Å². The Morgan fingerprint density at radius 2 is 2.04 bits per heavy atom. The van der Waals surface area contributed by atoms with Gasteiger partial charge in [0.1, 0.15) is 12.1 Å². The third kappa shape index (κ3) is 3.35. The van der Waals surface area contributed by atoms with Crippen LogP contribution >= 0.6 is 11.6 Å². The van der Waals surface area contributed by atoms with Gasteiger partial charge >= 0.3 is 6.03 Å². The number of hydrogen-bond donors (Lipinski definition) is 2. The monoisotopic (exact) mass is 363 g/mol. The van der Waals surface area contributed by atoms with E-state index in [1.54, 1.807) is 12.1 Å². The van der Waals surface area contributed by atoms with Crippen LogP contribution in [0.2, 0.25) is 5.02 Å². The zero-order valence-electron chi connectivity index (χ0n) is 14.4. The van der Waals surface area contributed by atoms with Crippen molar-refractivity contribution in [2.45, 2.75) is 45.1 Å². The van der Waals surface area contributed by atoms with Crippen molar-refractivity contribution in [1.82, 2.24) is 10.2 Å². The van der Waals surface area contributed by atoms with Crippen molar-refractivity contribution in [2.75, 3.05) is 11.9 Å². The normalized spacial score (nSPS) is 26.0. The molecule has 2 fully saturated rings. The number of benzene rings is 1. The van der Waals surface area contributed by atoms with E-state index in [1.165, 1.54) is 0 Å². The number of imide groups is 1. The first kappa shape index (κ1) is 17.7. The third-order valence-electron chi connectivity index (χ3n) is 5.16. The SMILES string of the molecule is Cc1cccc(Cl)c1NC(=O)CN1C(=O)NC2(CCC(C)CC2)C1=O. The van der Waals surface area contributed by atoms with Crippen LogP contribution in [0.15, 0.2) is 18.2 Å². The molecule has 4 amide bonds. The molecule has 1 aromatic carbocycles. The second kappa shape index (κ2) is 6.67. The molecular formula is C18H22ClN3O3. The molecule has 1 aromatic rings. The number of aryl methyl sites for hydroxylation is 1. The van der Waals surface area contributed by atoms with Crippen molar-refractivity contribution < 1.29 is 14.4 Å². The van der Waals surface area contributed by atoms with Crippen LogP contribution in [-0.2, 0) is 9.59 Å². The Hall–Kier alpha value is -2.08. The zero-order chi connectivity index (χ0) is 18.2. The minimum absolute atomic E-state index is 0.296. The van der Waals surface area contributed by atoms with E-state index < -0.39 is 17.5 Å². The Morgan fingerprint density at radius 1 is 1.36 bits per heavy atom. The highest BCUT2D eigenvalue weighted by molar-refractivity contribution is 6.34. The quantitative estimate of drug-likeness (QED) is 0.810. The number of amides is 4. The van der Waals surface area contributed by atoms with E-state index in [9.17, 15) is 14.4 Å². The van der Waals surface area contributed by atoms with Gasteiger partial charge in [0.25, 0.3) is 5.91 Å². The number of halogens is 1. The maximum atomic E-state index is 12.8. The van der Waals surface area contributed by atoms with Gasteiger partial charge in [0.2, 0.25) is 5.91 Å². The molecule has 2 N–H and O–H groups in total. The largest absolute Gasteiger partial charge is 0.325 e. The first-order valence-corrected chi connectivity index (χ1v) is 8.89. The first-order valence-electron chi connectivity index (χ1n) is 8.51. The average Bonchev–Trinajstić information content (AvgIpc) is 2.79. The number of rotatable bonds is 3. The van der Waals surface area contributed by atoms with Crippen LogP contribution in [0.25, 0.3) is 0 Å². The minimum atomic E-state index is -0.829. The predicted octanol–water partition coefficient (Wildman–Crippen LogP) is 3.09. The van der Waals surface area contributed by atoms with E-state index in [-0.39, 0.29) is 12.5 Å². The molecule has 1 saturated heterocycles. The molecule has 1 heterocycles. The molecule has 1 aliphatic heterocycles.